The summed E-state index contributed by atoms with van der Waals surface area (Å²) >= 11 is 3.54. The third-order valence-electron chi connectivity index (χ3n) is 5.74. The van der Waals surface area contributed by atoms with Crippen molar-refractivity contribution in [3.63, 3.8) is 0 Å². The molecular weight excluding hydrogens is 394 g/mol. The van der Waals surface area contributed by atoms with Gasteiger partial charge < -0.3 is 14.7 Å². The van der Waals surface area contributed by atoms with Crippen molar-refractivity contribution in [1.82, 2.24) is 4.90 Å². The molecule has 0 radical (unpaired) electrons. The smallest absolute Gasteiger partial charge is 0.407 e. The van der Waals surface area contributed by atoms with Gasteiger partial charge in [-0.25, -0.2) is 4.79 Å². The fourth-order valence-corrected chi connectivity index (χ4v) is 4.24. The third-order valence-corrected chi connectivity index (χ3v) is 6.60. The number of likely N-dealkylation sites (tertiary alicyclic amines) is 1. The van der Waals surface area contributed by atoms with Crippen LogP contribution in [-0.2, 0) is 0 Å². The van der Waals surface area contributed by atoms with Gasteiger partial charge in [-0.05, 0) is 55.6 Å². The molecule has 1 aromatic rings. The topological polar surface area (TPSA) is 49.8 Å². The highest BCUT2D eigenvalue weighted by atomic mass is 79.9. The standard InChI is InChI=1S/C21H32BrNO3/c1-14(10-12-26-18-8-6-7-17(22)15(18)2)16-9-11-23(20(24)25)19(13-16)21(3,4)5/h6-8,14,16,19H,9-13H2,1-5H3,(H,24,25). The number of carbonyl (C=O) groups is 1. The molecule has 1 saturated heterocycles. The lowest BCUT2D eigenvalue weighted by Gasteiger charge is -2.46. The number of piperidine rings is 1. The van der Waals surface area contributed by atoms with Crippen LogP contribution in [0.2, 0.25) is 0 Å². The van der Waals surface area contributed by atoms with E-state index in [1.807, 2.05) is 18.2 Å². The molecule has 1 aromatic carbocycles. The number of carboxylic acid groups (broad SMARTS) is 1. The SMILES string of the molecule is Cc1c(Br)cccc1OCCC(C)C1CCN(C(=O)O)C(C(C)(C)C)C1. The van der Waals surface area contributed by atoms with Gasteiger partial charge in [0.15, 0.2) is 0 Å². The van der Waals surface area contributed by atoms with Crippen LogP contribution >= 0.6 is 15.9 Å². The Bertz CT molecular complexity index is 626. The molecule has 0 spiro atoms. The lowest BCUT2D eigenvalue weighted by atomic mass is 9.73. The second-order valence-corrected chi connectivity index (χ2v) is 9.47. The lowest BCUT2D eigenvalue weighted by Crippen LogP contribution is -2.52. The van der Waals surface area contributed by atoms with E-state index in [1.54, 1.807) is 4.90 Å². The minimum atomic E-state index is -0.788. The molecule has 5 heteroatoms. The average molecular weight is 426 g/mol. The van der Waals surface area contributed by atoms with Gasteiger partial charge >= 0.3 is 6.09 Å². The first-order valence-corrected chi connectivity index (χ1v) is 10.3. The Balaban J connectivity index is 1.92. The summed E-state index contributed by atoms with van der Waals surface area (Å²) in [6, 6.07) is 6.10. The van der Waals surface area contributed by atoms with Crippen LogP contribution in [0.15, 0.2) is 22.7 Å². The number of amides is 1. The van der Waals surface area contributed by atoms with Crippen LogP contribution in [0.25, 0.3) is 0 Å². The van der Waals surface area contributed by atoms with Crippen LogP contribution in [0.1, 0.15) is 52.5 Å². The van der Waals surface area contributed by atoms with Crippen LogP contribution in [0, 0.1) is 24.2 Å². The zero-order valence-electron chi connectivity index (χ0n) is 16.6. The molecule has 1 aliphatic rings. The third kappa shape index (κ3) is 5.15. The molecule has 2 rings (SSSR count). The Hall–Kier alpha value is -1.23. The van der Waals surface area contributed by atoms with Gasteiger partial charge in [-0.2, -0.15) is 0 Å². The average Bonchev–Trinajstić information content (AvgIpc) is 2.57. The van der Waals surface area contributed by atoms with Gasteiger partial charge in [-0.3, -0.25) is 0 Å². The van der Waals surface area contributed by atoms with Gasteiger partial charge in [0.1, 0.15) is 5.75 Å². The van der Waals surface area contributed by atoms with Gasteiger partial charge in [-0.1, -0.05) is 49.7 Å². The van der Waals surface area contributed by atoms with Crippen molar-refractivity contribution >= 4 is 22.0 Å². The molecule has 0 aromatic heterocycles. The van der Waals surface area contributed by atoms with E-state index in [0.29, 0.717) is 25.0 Å². The van der Waals surface area contributed by atoms with E-state index >= 15 is 0 Å². The monoisotopic (exact) mass is 425 g/mol. The first-order chi connectivity index (χ1) is 12.1. The van der Waals surface area contributed by atoms with Crippen molar-refractivity contribution in [3.05, 3.63) is 28.2 Å². The number of hydrogen-bond donors (Lipinski definition) is 1. The fourth-order valence-electron chi connectivity index (χ4n) is 3.89. The lowest BCUT2D eigenvalue weighted by molar-refractivity contribution is 0.0271. The summed E-state index contributed by atoms with van der Waals surface area (Å²) in [4.78, 5) is 13.2. The van der Waals surface area contributed by atoms with E-state index in [1.165, 1.54) is 0 Å². The maximum absolute atomic E-state index is 11.6. The Morgan fingerprint density at radius 2 is 2.12 bits per heavy atom. The second kappa shape index (κ2) is 8.64. The predicted octanol–water partition coefficient (Wildman–Crippen LogP) is 5.97. The molecule has 4 nitrogen and oxygen atoms in total. The van der Waals surface area contributed by atoms with Gasteiger partial charge in [-0.15, -0.1) is 0 Å². The van der Waals surface area contributed by atoms with Crippen LogP contribution in [0.5, 0.6) is 5.75 Å². The summed E-state index contributed by atoms with van der Waals surface area (Å²) in [5, 5.41) is 9.51. The molecule has 0 saturated carbocycles. The van der Waals surface area contributed by atoms with Crippen molar-refractivity contribution < 1.29 is 14.6 Å². The summed E-state index contributed by atoms with van der Waals surface area (Å²) in [5.41, 5.74) is 1.09. The highest BCUT2D eigenvalue weighted by molar-refractivity contribution is 9.10. The van der Waals surface area contributed by atoms with Crippen LogP contribution in [0.3, 0.4) is 0 Å². The zero-order chi connectivity index (χ0) is 19.5. The maximum atomic E-state index is 11.6. The second-order valence-electron chi connectivity index (χ2n) is 8.62. The molecule has 0 aliphatic carbocycles. The molecule has 1 heterocycles. The van der Waals surface area contributed by atoms with Gasteiger partial charge in [0.2, 0.25) is 0 Å². The molecule has 1 amide bonds. The zero-order valence-corrected chi connectivity index (χ0v) is 18.2. The van der Waals surface area contributed by atoms with E-state index in [9.17, 15) is 9.90 Å². The molecule has 3 unspecified atom stereocenters. The fraction of sp³-hybridized carbons (Fsp3) is 0.667. The number of benzene rings is 1. The van der Waals surface area contributed by atoms with Gasteiger partial charge in [0.25, 0.3) is 0 Å². The van der Waals surface area contributed by atoms with E-state index in [-0.39, 0.29) is 11.5 Å². The highest BCUT2D eigenvalue weighted by Crippen LogP contribution is 2.38. The Morgan fingerprint density at radius 1 is 1.42 bits per heavy atom. The van der Waals surface area contributed by atoms with Crippen LogP contribution in [-0.4, -0.2) is 35.3 Å². The normalized spacial score (nSPS) is 22.2. The quantitative estimate of drug-likeness (QED) is 0.631. The Labute approximate surface area is 166 Å². The minimum absolute atomic E-state index is 0.0410. The number of rotatable bonds is 5. The molecule has 146 valence electrons. The van der Waals surface area contributed by atoms with E-state index in [2.05, 4.69) is 50.5 Å². The van der Waals surface area contributed by atoms with E-state index in [4.69, 9.17) is 4.74 Å². The molecule has 26 heavy (non-hydrogen) atoms. The number of ether oxygens (including phenoxy) is 1. The van der Waals surface area contributed by atoms with E-state index < -0.39 is 6.09 Å². The summed E-state index contributed by atoms with van der Waals surface area (Å²) in [7, 11) is 0. The van der Waals surface area contributed by atoms with Crippen molar-refractivity contribution in [2.24, 2.45) is 17.3 Å². The number of halogens is 1. The van der Waals surface area contributed by atoms with Crippen molar-refractivity contribution in [1.29, 1.82) is 0 Å². The molecular formula is C21H32BrNO3. The summed E-state index contributed by atoms with van der Waals surface area (Å²) < 4.78 is 7.06. The largest absolute Gasteiger partial charge is 0.493 e. The number of hydrogen-bond acceptors (Lipinski definition) is 2. The first-order valence-electron chi connectivity index (χ1n) is 9.48. The number of nitrogens with zero attached hydrogens (tertiary/aromatic N) is 1. The Morgan fingerprint density at radius 3 is 2.73 bits per heavy atom. The van der Waals surface area contributed by atoms with Crippen LogP contribution in [0.4, 0.5) is 4.79 Å². The molecule has 3 atom stereocenters. The Kier molecular flexibility index (Phi) is 7.00. The van der Waals surface area contributed by atoms with E-state index in [0.717, 1.165) is 35.0 Å². The summed E-state index contributed by atoms with van der Waals surface area (Å²) in [6.07, 6.45) is 2.08. The summed E-state index contributed by atoms with van der Waals surface area (Å²) in [5.74, 6) is 1.99. The molecule has 1 aliphatic heterocycles. The minimum Gasteiger partial charge on any atom is -0.493 e. The van der Waals surface area contributed by atoms with Gasteiger partial charge in [0, 0.05) is 22.6 Å². The molecule has 0 bridgehead atoms. The predicted molar refractivity (Wildman–Crippen MR) is 109 cm³/mol. The maximum Gasteiger partial charge on any atom is 0.407 e. The highest BCUT2D eigenvalue weighted by Gasteiger charge is 2.39. The molecule has 1 N–H and O–H groups in total. The van der Waals surface area contributed by atoms with Crippen molar-refractivity contribution in [2.75, 3.05) is 13.2 Å². The van der Waals surface area contributed by atoms with Gasteiger partial charge in [0.05, 0.1) is 6.61 Å². The van der Waals surface area contributed by atoms with Crippen molar-refractivity contribution in [2.45, 2.75) is 59.9 Å². The van der Waals surface area contributed by atoms with Crippen molar-refractivity contribution in [3.8, 4) is 5.75 Å². The molecule has 1 fully saturated rings. The first kappa shape index (κ1) is 21.1. The van der Waals surface area contributed by atoms with Crippen LogP contribution < -0.4 is 4.74 Å². The summed E-state index contributed by atoms with van der Waals surface area (Å²) in [6.45, 7) is 12.1.